The van der Waals surface area contributed by atoms with Gasteiger partial charge in [0.25, 0.3) is 0 Å². The summed E-state index contributed by atoms with van der Waals surface area (Å²) < 4.78 is 0. The van der Waals surface area contributed by atoms with Crippen molar-refractivity contribution >= 4 is 5.82 Å². The molecule has 0 bridgehead atoms. The van der Waals surface area contributed by atoms with E-state index in [1.165, 1.54) is 44.3 Å². The van der Waals surface area contributed by atoms with E-state index >= 15 is 0 Å². The molecule has 1 saturated heterocycles. The average molecular weight is 274 g/mol. The average Bonchev–Trinajstić information content (AvgIpc) is 3.03. The van der Waals surface area contributed by atoms with Gasteiger partial charge < -0.3 is 10.2 Å². The van der Waals surface area contributed by atoms with Gasteiger partial charge in [-0.3, -0.25) is 4.90 Å². The number of rotatable bonds is 4. The Bertz CT molecular complexity index is 403. The summed E-state index contributed by atoms with van der Waals surface area (Å²) in [6, 6.07) is 5.21. The molecule has 1 aromatic heterocycles. The van der Waals surface area contributed by atoms with E-state index in [-0.39, 0.29) is 0 Å². The lowest BCUT2D eigenvalue weighted by molar-refractivity contribution is 0.187. The number of nitrogens with zero attached hydrogens (tertiary/aromatic N) is 3. The molecule has 110 valence electrons. The lowest BCUT2D eigenvalue weighted by Crippen LogP contribution is -2.50. The third kappa shape index (κ3) is 3.13. The molecule has 1 N–H and O–H groups in total. The van der Waals surface area contributed by atoms with Crippen LogP contribution in [-0.2, 0) is 6.54 Å². The minimum atomic E-state index is 0.864. The maximum atomic E-state index is 4.61. The second-order valence-corrected chi connectivity index (χ2v) is 6.02. The molecule has 0 unspecified atom stereocenters. The second-order valence-electron chi connectivity index (χ2n) is 6.02. The second kappa shape index (κ2) is 6.55. The van der Waals surface area contributed by atoms with Crippen molar-refractivity contribution in [3.05, 3.63) is 23.9 Å². The fourth-order valence-electron chi connectivity index (χ4n) is 3.50. The first kappa shape index (κ1) is 13.8. The molecule has 1 saturated carbocycles. The van der Waals surface area contributed by atoms with E-state index in [1.807, 2.05) is 13.2 Å². The molecule has 4 nitrogen and oxygen atoms in total. The maximum absolute atomic E-state index is 4.61. The topological polar surface area (TPSA) is 31.4 Å². The van der Waals surface area contributed by atoms with Gasteiger partial charge in [-0.25, -0.2) is 4.98 Å². The first-order chi connectivity index (χ1) is 9.86. The number of anilines is 1. The predicted octanol–water partition coefficient (Wildman–Crippen LogP) is 1.87. The van der Waals surface area contributed by atoms with E-state index in [2.05, 4.69) is 32.2 Å². The Balaban J connectivity index is 1.54. The first-order valence-electron chi connectivity index (χ1n) is 7.95. The molecule has 2 fully saturated rings. The Morgan fingerprint density at radius 1 is 1.15 bits per heavy atom. The summed E-state index contributed by atoms with van der Waals surface area (Å²) >= 11 is 0. The molecule has 0 radical (unpaired) electrons. The summed E-state index contributed by atoms with van der Waals surface area (Å²) in [6.45, 7) is 5.53. The van der Waals surface area contributed by atoms with Crippen molar-refractivity contribution < 1.29 is 0 Å². The molecule has 0 aromatic carbocycles. The van der Waals surface area contributed by atoms with Gasteiger partial charge >= 0.3 is 0 Å². The number of pyridine rings is 1. The number of nitrogens with one attached hydrogen (secondary N) is 1. The molecule has 1 aromatic rings. The van der Waals surface area contributed by atoms with Crippen molar-refractivity contribution in [2.75, 3.05) is 38.1 Å². The van der Waals surface area contributed by atoms with Crippen LogP contribution < -0.4 is 10.2 Å². The Morgan fingerprint density at radius 3 is 2.50 bits per heavy atom. The van der Waals surface area contributed by atoms with Crippen molar-refractivity contribution in [3.8, 4) is 0 Å². The van der Waals surface area contributed by atoms with Gasteiger partial charge in [0.15, 0.2) is 0 Å². The standard InChI is InChI=1S/C16H26N4/c1-17-12-14-6-7-16(18-13-14)20-10-8-19(9-11-20)15-4-2-3-5-15/h6-7,13,15,17H,2-5,8-12H2,1H3. The molecule has 0 atom stereocenters. The highest BCUT2D eigenvalue weighted by Gasteiger charge is 2.26. The quantitative estimate of drug-likeness (QED) is 0.908. The Kier molecular flexibility index (Phi) is 4.53. The van der Waals surface area contributed by atoms with Crippen LogP contribution in [0, 0.1) is 0 Å². The normalized spacial score (nSPS) is 21.6. The summed E-state index contributed by atoms with van der Waals surface area (Å²) in [5, 5.41) is 3.16. The predicted molar refractivity (Wildman–Crippen MR) is 83.0 cm³/mol. The SMILES string of the molecule is CNCc1ccc(N2CCN(C3CCCC3)CC2)nc1. The molecule has 2 heterocycles. The van der Waals surface area contributed by atoms with E-state index in [1.54, 1.807) is 0 Å². The van der Waals surface area contributed by atoms with Crippen molar-refractivity contribution in [1.29, 1.82) is 0 Å². The zero-order valence-corrected chi connectivity index (χ0v) is 12.5. The Morgan fingerprint density at radius 2 is 1.90 bits per heavy atom. The van der Waals surface area contributed by atoms with Crippen LogP contribution in [0.4, 0.5) is 5.82 Å². The third-order valence-electron chi connectivity index (χ3n) is 4.67. The van der Waals surface area contributed by atoms with Crippen LogP contribution in [0.3, 0.4) is 0 Å². The van der Waals surface area contributed by atoms with Crippen LogP contribution in [0.15, 0.2) is 18.3 Å². The van der Waals surface area contributed by atoms with E-state index < -0.39 is 0 Å². The van der Waals surface area contributed by atoms with E-state index in [0.29, 0.717) is 0 Å². The van der Waals surface area contributed by atoms with Crippen LogP contribution in [0.1, 0.15) is 31.2 Å². The van der Waals surface area contributed by atoms with Crippen LogP contribution in [0.2, 0.25) is 0 Å². The molecule has 0 amide bonds. The monoisotopic (exact) mass is 274 g/mol. The number of piperazine rings is 1. The summed E-state index contributed by atoms with van der Waals surface area (Å²) in [7, 11) is 1.97. The van der Waals surface area contributed by atoms with Gasteiger partial charge in [0.2, 0.25) is 0 Å². The van der Waals surface area contributed by atoms with Crippen LogP contribution in [0.5, 0.6) is 0 Å². The smallest absolute Gasteiger partial charge is 0.128 e. The van der Waals surface area contributed by atoms with E-state index in [9.17, 15) is 0 Å². The van der Waals surface area contributed by atoms with E-state index in [0.717, 1.165) is 31.5 Å². The fraction of sp³-hybridized carbons (Fsp3) is 0.688. The molecular weight excluding hydrogens is 248 g/mol. The summed E-state index contributed by atoms with van der Waals surface area (Å²) in [6.07, 6.45) is 7.68. The zero-order valence-electron chi connectivity index (χ0n) is 12.5. The summed E-state index contributed by atoms with van der Waals surface area (Å²) in [4.78, 5) is 9.73. The molecular formula is C16H26N4. The Labute approximate surface area is 122 Å². The lowest BCUT2D eigenvalue weighted by Gasteiger charge is -2.38. The molecule has 1 aliphatic heterocycles. The van der Waals surface area contributed by atoms with Gasteiger partial charge in [0, 0.05) is 45.0 Å². The minimum absolute atomic E-state index is 0.864. The zero-order chi connectivity index (χ0) is 13.8. The number of hydrogen-bond acceptors (Lipinski definition) is 4. The number of hydrogen-bond donors (Lipinski definition) is 1. The summed E-state index contributed by atoms with van der Waals surface area (Å²) in [5.74, 6) is 1.14. The van der Waals surface area contributed by atoms with Crippen molar-refractivity contribution in [1.82, 2.24) is 15.2 Å². The summed E-state index contributed by atoms with van der Waals surface area (Å²) in [5.41, 5.74) is 1.25. The van der Waals surface area contributed by atoms with Crippen molar-refractivity contribution in [2.24, 2.45) is 0 Å². The highest BCUT2D eigenvalue weighted by atomic mass is 15.3. The van der Waals surface area contributed by atoms with Gasteiger partial charge in [-0.05, 0) is 31.5 Å². The molecule has 0 spiro atoms. The van der Waals surface area contributed by atoms with Crippen LogP contribution in [-0.4, -0.2) is 49.2 Å². The highest BCUT2D eigenvalue weighted by molar-refractivity contribution is 5.39. The van der Waals surface area contributed by atoms with E-state index in [4.69, 9.17) is 0 Å². The Hall–Kier alpha value is -1.13. The minimum Gasteiger partial charge on any atom is -0.354 e. The van der Waals surface area contributed by atoms with Crippen LogP contribution >= 0.6 is 0 Å². The van der Waals surface area contributed by atoms with Crippen molar-refractivity contribution in [3.63, 3.8) is 0 Å². The van der Waals surface area contributed by atoms with Gasteiger partial charge in [-0.2, -0.15) is 0 Å². The van der Waals surface area contributed by atoms with Gasteiger partial charge in [0.05, 0.1) is 0 Å². The maximum Gasteiger partial charge on any atom is 0.128 e. The van der Waals surface area contributed by atoms with Gasteiger partial charge in [-0.15, -0.1) is 0 Å². The third-order valence-corrected chi connectivity index (χ3v) is 4.67. The lowest BCUT2D eigenvalue weighted by atomic mass is 10.2. The van der Waals surface area contributed by atoms with Crippen molar-refractivity contribution in [2.45, 2.75) is 38.3 Å². The van der Waals surface area contributed by atoms with Crippen LogP contribution in [0.25, 0.3) is 0 Å². The molecule has 20 heavy (non-hydrogen) atoms. The molecule has 3 rings (SSSR count). The fourth-order valence-corrected chi connectivity index (χ4v) is 3.50. The highest BCUT2D eigenvalue weighted by Crippen LogP contribution is 2.25. The molecule has 1 aliphatic carbocycles. The number of aromatic nitrogens is 1. The molecule has 4 heteroatoms. The van der Waals surface area contributed by atoms with Gasteiger partial charge in [0.1, 0.15) is 5.82 Å². The first-order valence-corrected chi connectivity index (χ1v) is 7.95. The van der Waals surface area contributed by atoms with Gasteiger partial charge in [-0.1, -0.05) is 18.9 Å². The molecule has 2 aliphatic rings. The largest absolute Gasteiger partial charge is 0.354 e.